The lowest BCUT2D eigenvalue weighted by Crippen LogP contribution is -2.45. The lowest BCUT2D eigenvalue weighted by molar-refractivity contribution is 0.135. The van der Waals surface area contributed by atoms with Gasteiger partial charge in [-0.15, -0.1) is 0 Å². The minimum absolute atomic E-state index is 0.196. The number of hydrogen-bond donors (Lipinski definition) is 1. The van der Waals surface area contributed by atoms with E-state index in [1.54, 1.807) is 7.11 Å². The van der Waals surface area contributed by atoms with Gasteiger partial charge in [-0.05, 0) is 49.7 Å². The number of methoxy groups -OCH3 is 1. The number of halogens is 1. The molecule has 3 nitrogen and oxygen atoms in total. The third-order valence-electron chi connectivity index (χ3n) is 3.71. The van der Waals surface area contributed by atoms with Gasteiger partial charge in [0.25, 0.3) is 0 Å². The van der Waals surface area contributed by atoms with Gasteiger partial charge in [-0.1, -0.05) is 22.9 Å². The fourth-order valence-electron chi connectivity index (χ4n) is 2.76. The van der Waals surface area contributed by atoms with E-state index < -0.39 is 0 Å². The van der Waals surface area contributed by atoms with Crippen LogP contribution in [-0.4, -0.2) is 31.1 Å². The Kier molecular flexibility index (Phi) is 4.65. The highest BCUT2D eigenvalue weighted by molar-refractivity contribution is 9.10. The average Bonchev–Trinajstić information content (AvgIpc) is 2.39. The minimum atomic E-state index is 0.196. The second-order valence-electron chi connectivity index (χ2n) is 4.77. The van der Waals surface area contributed by atoms with Crippen molar-refractivity contribution < 1.29 is 4.74 Å². The third kappa shape index (κ3) is 2.71. The number of nitrogens with zero attached hydrogens (tertiary/aromatic N) is 1. The smallest absolute Gasteiger partial charge is 0.119 e. The fraction of sp³-hybridized carbons (Fsp3) is 0.571. The summed E-state index contributed by atoms with van der Waals surface area (Å²) in [6.45, 7) is 4.35. The van der Waals surface area contributed by atoms with Crippen LogP contribution in [0, 0.1) is 0 Å². The molecule has 2 atom stereocenters. The maximum atomic E-state index is 6.33. The molecule has 0 aliphatic carbocycles. The van der Waals surface area contributed by atoms with Crippen LogP contribution in [0.5, 0.6) is 5.75 Å². The highest BCUT2D eigenvalue weighted by Gasteiger charge is 2.30. The summed E-state index contributed by atoms with van der Waals surface area (Å²) >= 11 is 3.64. The topological polar surface area (TPSA) is 38.5 Å². The summed E-state index contributed by atoms with van der Waals surface area (Å²) in [5.74, 6) is 0.891. The van der Waals surface area contributed by atoms with E-state index in [2.05, 4.69) is 33.8 Å². The van der Waals surface area contributed by atoms with E-state index in [-0.39, 0.29) is 12.1 Å². The molecular formula is C14H21BrN2O. The number of rotatable bonds is 3. The molecule has 4 heteroatoms. The van der Waals surface area contributed by atoms with Crippen molar-refractivity contribution in [3.8, 4) is 5.75 Å². The van der Waals surface area contributed by atoms with E-state index in [0.29, 0.717) is 0 Å². The van der Waals surface area contributed by atoms with Crippen LogP contribution < -0.4 is 10.5 Å². The summed E-state index contributed by atoms with van der Waals surface area (Å²) in [7, 11) is 1.70. The van der Waals surface area contributed by atoms with E-state index in [4.69, 9.17) is 10.5 Å². The van der Waals surface area contributed by atoms with Crippen LogP contribution >= 0.6 is 15.9 Å². The maximum Gasteiger partial charge on any atom is 0.119 e. The van der Waals surface area contributed by atoms with E-state index in [0.717, 1.165) is 29.7 Å². The molecule has 1 aromatic rings. The van der Waals surface area contributed by atoms with Gasteiger partial charge in [0, 0.05) is 10.5 Å². The van der Waals surface area contributed by atoms with Gasteiger partial charge in [-0.3, -0.25) is 4.90 Å². The highest BCUT2D eigenvalue weighted by Crippen LogP contribution is 2.36. The van der Waals surface area contributed by atoms with Crippen molar-refractivity contribution in [3.63, 3.8) is 0 Å². The number of likely N-dealkylation sites (tertiary alicyclic amines) is 1. The molecule has 0 bridgehead atoms. The largest absolute Gasteiger partial charge is 0.497 e. The van der Waals surface area contributed by atoms with E-state index >= 15 is 0 Å². The molecule has 1 saturated heterocycles. The maximum absolute atomic E-state index is 6.33. The predicted molar refractivity (Wildman–Crippen MR) is 77.9 cm³/mol. The number of hydrogen-bond acceptors (Lipinski definition) is 3. The van der Waals surface area contributed by atoms with Gasteiger partial charge in [0.1, 0.15) is 5.75 Å². The van der Waals surface area contributed by atoms with Gasteiger partial charge in [-0.25, -0.2) is 0 Å². The van der Waals surface area contributed by atoms with Crippen LogP contribution in [0.2, 0.25) is 0 Å². The summed E-state index contributed by atoms with van der Waals surface area (Å²) in [6.07, 6.45) is 2.28. The lowest BCUT2D eigenvalue weighted by Gasteiger charge is -2.40. The van der Waals surface area contributed by atoms with Crippen LogP contribution in [-0.2, 0) is 0 Å². The van der Waals surface area contributed by atoms with Gasteiger partial charge in [-0.2, -0.15) is 0 Å². The number of benzene rings is 1. The molecule has 1 fully saturated rings. The van der Waals surface area contributed by atoms with Crippen LogP contribution in [0.25, 0.3) is 0 Å². The molecule has 0 spiro atoms. The quantitative estimate of drug-likeness (QED) is 0.932. The van der Waals surface area contributed by atoms with Crippen LogP contribution in [0.4, 0.5) is 0 Å². The minimum Gasteiger partial charge on any atom is -0.497 e. The molecule has 0 radical (unpaired) electrons. The zero-order valence-corrected chi connectivity index (χ0v) is 12.6. The molecule has 2 rings (SSSR count). The first-order chi connectivity index (χ1) is 8.67. The number of ether oxygens (including phenoxy) is 1. The second-order valence-corrected chi connectivity index (χ2v) is 5.62. The number of nitrogens with two attached hydrogens (primary N) is 1. The average molecular weight is 313 g/mol. The summed E-state index contributed by atoms with van der Waals surface area (Å²) in [5, 5.41) is 0. The van der Waals surface area contributed by atoms with Crippen molar-refractivity contribution in [1.82, 2.24) is 4.90 Å². The Labute approximate surface area is 117 Å². The van der Waals surface area contributed by atoms with Crippen LogP contribution in [0.15, 0.2) is 22.7 Å². The second kappa shape index (κ2) is 6.04. The molecule has 2 unspecified atom stereocenters. The normalized spacial score (nSPS) is 25.1. The van der Waals surface area contributed by atoms with Gasteiger partial charge in [0.15, 0.2) is 0 Å². The van der Waals surface area contributed by atoms with Crippen molar-refractivity contribution in [2.24, 2.45) is 5.73 Å². The van der Waals surface area contributed by atoms with Gasteiger partial charge in [0.05, 0.1) is 13.2 Å². The van der Waals surface area contributed by atoms with Crippen molar-refractivity contribution in [2.45, 2.75) is 31.8 Å². The SMILES string of the molecule is CCN1CCCC(N)C1c1cc(OC)ccc1Br. The first-order valence-corrected chi connectivity index (χ1v) is 7.29. The van der Waals surface area contributed by atoms with Gasteiger partial charge < -0.3 is 10.5 Å². The van der Waals surface area contributed by atoms with Crippen molar-refractivity contribution >= 4 is 15.9 Å². The Morgan fingerprint density at radius 1 is 1.50 bits per heavy atom. The molecule has 1 aliphatic rings. The molecular weight excluding hydrogens is 292 g/mol. The van der Waals surface area contributed by atoms with Gasteiger partial charge in [0.2, 0.25) is 0 Å². The molecule has 100 valence electrons. The Morgan fingerprint density at radius 2 is 2.28 bits per heavy atom. The Balaban J connectivity index is 2.37. The molecule has 2 N–H and O–H groups in total. The van der Waals surface area contributed by atoms with Gasteiger partial charge >= 0.3 is 0 Å². The summed E-state index contributed by atoms with van der Waals surface area (Å²) in [5.41, 5.74) is 7.57. The third-order valence-corrected chi connectivity index (χ3v) is 4.43. The monoisotopic (exact) mass is 312 g/mol. The molecule has 18 heavy (non-hydrogen) atoms. The number of likely N-dealkylation sites (N-methyl/N-ethyl adjacent to an activating group) is 1. The van der Waals surface area contributed by atoms with E-state index in [1.807, 2.05) is 12.1 Å². The molecule has 0 aromatic heterocycles. The fourth-order valence-corrected chi connectivity index (χ4v) is 3.24. The molecule has 1 heterocycles. The van der Waals surface area contributed by atoms with Crippen molar-refractivity contribution in [3.05, 3.63) is 28.2 Å². The van der Waals surface area contributed by atoms with Crippen LogP contribution in [0.1, 0.15) is 31.4 Å². The Hall–Kier alpha value is -0.580. The summed E-state index contributed by atoms with van der Waals surface area (Å²) in [4.78, 5) is 2.45. The standard InChI is InChI=1S/C14H21BrN2O/c1-3-17-8-4-5-13(16)14(17)11-9-10(18-2)6-7-12(11)15/h6-7,9,13-14H,3-5,8,16H2,1-2H3. The first kappa shape index (κ1) is 13.8. The van der Waals surface area contributed by atoms with E-state index in [1.165, 1.54) is 12.0 Å². The van der Waals surface area contributed by atoms with Crippen molar-refractivity contribution in [1.29, 1.82) is 0 Å². The van der Waals surface area contributed by atoms with E-state index in [9.17, 15) is 0 Å². The predicted octanol–water partition coefficient (Wildman–Crippen LogP) is 2.94. The Bertz CT molecular complexity index is 411. The first-order valence-electron chi connectivity index (χ1n) is 6.50. The number of piperidine rings is 1. The lowest BCUT2D eigenvalue weighted by atomic mass is 9.91. The molecule has 0 saturated carbocycles. The molecule has 1 aliphatic heterocycles. The van der Waals surface area contributed by atoms with Crippen LogP contribution in [0.3, 0.4) is 0 Å². The summed E-state index contributed by atoms with van der Waals surface area (Å²) in [6, 6.07) is 6.60. The molecule has 1 aromatic carbocycles. The Morgan fingerprint density at radius 3 is 2.94 bits per heavy atom. The highest BCUT2D eigenvalue weighted by atomic mass is 79.9. The zero-order valence-electron chi connectivity index (χ0n) is 11.0. The molecule has 0 amide bonds. The summed E-state index contributed by atoms with van der Waals surface area (Å²) < 4.78 is 6.44. The van der Waals surface area contributed by atoms with Crippen molar-refractivity contribution in [2.75, 3.05) is 20.2 Å². The zero-order chi connectivity index (χ0) is 13.1.